The van der Waals surface area contributed by atoms with E-state index in [2.05, 4.69) is 34.5 Å². The summed E-state index contributed by atoms with van der Waals surface area (Å²) in [6.07, 6.45) is 5.28. The van der Waals surface area contributed by atoms with E-state index in [-0.39, 0.29) is 6.04 Å². The number of benzene rings is 1. The summed E-state index contributed by atoms with van der Waals surface area (Å²) in [5.41, 5.74) is 2.43. The Labute approximate surface area is 127 Å². The molecule has 0 saturated carbocycles. The summed E-state index contributed by atoms with van der Waals surface area (Å²) >= 11 is 0. The number of hydrogen-bond acceptors (Lipinski definition) is 4. The second-order valence-electron chi connectivity index (χ2n) is 6.14. The minimum Gasteiger partial charge on any atom is -0.381 e. The first kappa shape index (κ1) is 14.7. The van der Waals surface area contributed by atoms with Crippen LogP contribution in [0.25, 0.3) is 0 Å². The number of nitrogens with zero attached hydrogens (tertiary/aromatic N) is 1. The van der Waals surface area contributed by atoms with Gasteiger partial charge in [-0.25, -0.2) is 8.42 Å². The lowest BCUT2D eigenvalue weighted by Crippen LogP contribution is -2.34. The van der Waals surface area contributed by atoms with Crippen LogP contribution in [0.2, 0.25) is 0 Å². The van der Waals surface area contributed by atoms with Crippen LogP contribution in [0.15, 0.2) is 24.3 Å². The quantitative estimate of drug-likeness (QED) is 0.932. The van der Waals surface area contributed by atoms with Crippen LogP contribution >= 0.6 is 0 Å². The molecule has 0 spiro atoms. The van der Waals surface area contributed by atoms with Crippen LogP contribution in [0.4, 0.5) is 11.4 Å². The molecular formula is C16H24N2O2S. The van der Waals surface area contributed by atoms with Gasteiger partial charge < -0.3 is 10.2 Å². The topological polar surface area (TPSA) is 49.4 Å². The summed E-state index contributed by atoms with van der Waals surface area (Å²) in [7, 11) is -2.79. The van der Waals surface area contributed by atoms with E-state index in [0.717, 1.165) is 31.6 Å². The van der Waals surface area contributed by atoms with Gasteiger partial charge in [-0.2, -0.15) is 0 Å². The fraction of sp³-hybridized carbons (Fsp3) is 0.625. The molecule has 1 aromatic carbocycles. The molecule has 2 aliphatic heterocycles. The van der Waals surface area contributed by atoms with Gasteiger partial charge in [0.15, 0.2) is 0 Å². The summed E-state index contributed by atoms with van der Waals surface area (Å²) in [6.45, 7) is 2.25. The van der Waals surface area contributed by atoms with E-state index in [0.29, 0.717) is 11.5 Å². The fourth-order valence-electron chi connectivity index (χ4n) is 3.26. The lowest BCUT2D eigenvalue weighted by molar-refractivity contribution is 0.558. The van der Waals surface area contributed by atoms with E-state index in [4.69, 9.17) is 0 Å². The Morgan fingerprint density at radius 3 is 2.38 bits per heavy atom. The first-order chi connectivity index (χ1) is 10.1. The Balaban J connectivity index is 1.70. The summed E-state index contributed by atoms with van der Waals surface area (Å²) < 4.78 is 23.1. The second-order valence-corrected chi connectivity index (χ2v) is 8.44. The number of nitrogens with one attached hydrogen (secondary N) is 1. The molecule has 5 heteroatoms. The van der Waals surface area contributed by atoms with Crippen LogP contribution in [0.3, 0.4) is 0 Å². The highest BCUT2D eigenvalue weighted by molar-refractivity contribution is 7.91. The molecule has 2 saturated heterocycles. The van der Waals surface area contributed by atoms with Gasteiger partial charge in [-0.1, -0.05) is 12.1 Å². The van der Waals surface area contributed by atoms with E-state index in [1.807, 2.05) is 0 Å². The van der Waals surface area contributed by atoms with Crippen LogP contribution in [-0.4, -0.2) is 39.1 Å². The Bertz CT molecular complexity index is 566. The van der Waals surface area contributed by atoms with Crippen molar-refractivity contribution in [1.29, 1.82) is 0 Å². The molecule has 4 nitrogen and oxygen atoms in total. The van der Waals surface area contributed by atoms with E-state index in [9.17, 15) is 8.42 Å². The van der Waals surface area contributed by atoms with Crippen LogP contribution in [0.5, 0.6) is 0 Å². The molecule has 3 rings (SSSR count). The lowest BCUT2D eigenvalue weighted by atomic mass is 10.1. The van der Waals surface area contributed by atoms with Crippen LogP contribution in [0, 0.1) is 0 Å². The molecule has 2 aliphatic rings. The van der Waals surface area contributed by atoms with Gasteiger partial charge in [0.1, 0.15) is 9.84 Å². The second kappa shape index (κ2) is 6.26. The van der Waals surface area contributed by atoms with Crippen molar-refractivity contribution < 1.29 is 8.42 Å². The Morgan fingerprint density at radius 1 is 1.00 bits per heavy atom. The van der Waals surface area contributed by atoms with Crippen LogP contribution < -0.4 is 10.2 Å². The fourth-order valence-corrected chi connectivity index (χ4v) is 4.75. The molecule has 1 N–H and O–H groups in total. The van der Waals surface area contributed by atoms with Crippen molar-refractivity contribution in [2.75, 3.05) is 34.8 Å². The van der Waals surface area contributed by atoms with E-state index >= 15 is 0 Å². The highest BCUT2D eigenvalue weighted by atomic mass is 32.2. The molecule has 1 aromatic rings. The molecule has 0 aromatic heterocycles. The highest BCUT2D eigenvalue weighted by Gasteiger charge is 2.24. The molecule has 0 unspecified atom stereocenters. The predicted molar refractivity (Wildman–Crippen MR) is 87.8 cm³/mol. The van der Waals surface area contributed by atoms with Crippen molar-refractivity contribution in [3.8, 4) is 0 Å². The molecule has 0 amide bonds. The van der Waals surface area contributed by atoms with Crippen molar-refractivity contribution in [2.45, 2.75) is 38.1 Å². The molecule has 2 fully saturated rings. The molecule has 0 radical (unpaired) electrons. The van der Waals surface area contributed by atoms with Gasteiger partial charge >= 0.3 is 0 Å². The molecule has 2 heterocycles. The number of piperidine rings is 1. The SMILES string of the molecule is O=S1(=O)CCC(Nc2ccccc2N2CCCCC2)CC1. The number of rotatable bonds is 3. The van der Waals surface area contributed by atoms with E-state index in [1.54, 1.807) is 0 Å². The minimum absolute atomic E-state index is 0.277. The number of hydrogen-bond donors (Lipinski definition) is 1. The normalized spacial score (nSPS) is 23.0. The first-order valence-electron chi connectivity index (χ1n) is 7.95. The monoisotopic (exact) mass is 308 g/mol. The molecule has 116 valence electrons. The summed E-state index contributed by atoms with van der Waals surface area (Å²) in [5, 5.41) is 3.58. The van der Waals surface area contributed by atoms with Crippen LogP contribution in [0.1, 0.15) is 32.1 Å². The zero-order chi connectivity index (χ0) is 14.7. The van der Waals surface area contributed by atoms with E-state index < -0.39 is 9.84 Å². The molecular weight excluding hydrogens is 284 g/mol. The maximum Gasteiger partial charge on any atom is 0.150 e. The van der Waals surface area contributed by atoms with Crippen molar-refractivity contribution in [2.24, 2.45) is 0 Å². The molecule has 0 atom stereocenters. The van der Waals surface area contributed by atoms with Gasteiger partial charge in [-0.3, -0.25) is 0 Å². The summed E-state index contributed by atoms with van der Waals surface area (Å²) in [5.74, 6) is 0.632. The maximum absolute atomic E-state index is 11.5. The first-order valence-corrected chi connectivity index (χ1v) is 9.77. The predicted octanol–water partition coefficient (Wildman–Crippen LogP) is 2.67. The minimum atomic E-state index is -2.79. The highest BCUT2D eigenvalue weighted by Crippen LogP contribution is 2.30. The summed E-state index contributed by atoms with van der Waals surface area (Å²) in [4.78, 5) is 2.45. The largest absolute Gasteiger partial charge is 0.381 e. The van der Waals surface area contributed by atoms with Gasteiger partial charge in [0, 0.05) is 19.1 Å². The third-order valence-electron chi connectivity index (χ3n) is 4.52. The van der Waals surface area contributed by atoms with Crippen molar-refractivity contribution >= 4 is 21.2 Å². The van der Waals surface area contributed by atoms with Gasteiger partial charge in [0.25, 0.3) is 0 Å². The van der Waals surface area contributed by atoms with Crippen molar-refractivity contribution in [3.05, 3.63) is 24.3 Å². The smallest absolute Gasteiger partial charge is 0.150 e. The average Bonchev–Trinajstić information content (AvgIpc) is 2.51. The Hall–Kier alpha value is -1.23. The third kappa shape index (κ3) is 3.70. The maximum atomic E-state index is 11.5. The molecule has 21 heavy (non-hydrogen) atoms. The van der Waals surface area contributed by atoms with Crippen LogP contribution in [-0.2, 0) is 9.84 Å². The van der Waals surface area contributed by atoms with Crippen molar-refractivity contribution in [3.63, 3.8) is 0 Å². The number of para-hydroxylation sites is 2. The third-order valence-corrected chi connectivity index (χ3v) is 6.23. The standard InChI is InChI=1S/C16H24N2O2S/c19-21(20)12-8-14(9-13-21)17-15-6-2-3-7-16(15)18-10-4-1-5-11-18/h2-3,6-7,14,17H,1,4-5,8-13H2. The number of sulfone groups is 1. The molecule has 0 aliphatic carbocycles. The average molecular weight is 308 g/mol. The van der Waals surface area contributed by atoms with Crippen molar-refractivity contribution in [1.82, 2.24) is 0 Å². The van der Waals surface area contributed by atoms with Gasteiger partial charge in [0.2, 0.25) is 0 Å². The zero-order valence-electron chi connectivity index (χ0n) is 12.4. The molecule has 0 bridgehead atoms. The summed E-state index contributed by atoms with van der Waals surface area (Å²) in [6, 6.07) is 8.70. The lowest BCUT2D eigenvalue weighted by Gasteiger charge is -2.32. The Kier molecular flexibility index (Phi) is 4.38. The zero-order valence-corrected chi connectivity index (χ0v) is 13.2. The van der Waals surface area contributed by atoms with E-state index in [1.165, 1.54) is 24.9 Å². The van der Waals surface area contributed by atoms with Gasteiger partial charge in [0.05, 0.1) is 22.9 Å². The van der Waals surface area contributed by atoms with Gasteiger partial charge in [-0.05, 0) is 44.2 Å². The number of anilines is 2. The van der Waals surface area contributed by atoms with Gasteiger partial charge in [-0.15, -0.1) is 0 Å². The Morgan fingerprint density at radius 2 is 1.67 bits per heavy atom.